The molecule has 1 amide bonds. The maximum Gasteiger partial charge on any atom is 0.270 e. The van der Waals surface area contributed by atoms with E-state index in [2.05, 4.69) is 31.8 Å². The number of hydrogen-bond donors (Lipinski definition) is 2. The van der Waals surface area contributed by atoms with E-state index < -0.39 is 0 Å². The number of benzene rings is 1. The lowest BCUT2D eigenvalue weighted by atomic mass is 9.95. The van der Waals surface area contributed by atoms with Gasteiger partial charge in [-0.25, -0.2) is 14.1 Å². The molecule has 0 radical (unpaired) electrons. The van der Waals surface area contributed by atoms with Crippen molar-refractivity contribution < 1.29 is 9.18 Å². The van der Waals surface area contributed by atoms with Crippen LogP contribution in [0.3, 0.4) is 0 Å². The molecule has 2 aromatic rings. The largest absolute Gasteiger partial charge is 0.350 e. The van der Waals surface area contributed by atoms with Gasteiger partial charge in [-0.15, -0.1) is 0 Å². The Balaban J connectivity index is 1.45. The van der Waals surface area contributed by atoms with Crippen molar-refractivity contribution in [3.63, 3.8) is 0 Å². The van der Waals surface area contributed by atoms with Gasteiger partial charge in [0.15, 0.2) is 0 Å². The van der Waals surface area contributed by atoms with Crippen LogP contribution in [0.25, 0.3) is 6.20 Å². The highest BCUT2D eigenvalue weighted by Gasteiger charge is 2.36. The molecule has 156 valence electrons. The van der Waals surface area contributed by atoms with Crippen LogP contribution in [0.1, 0.15) is 53.2 Å². The van der Waals surface area contributed by atoms with E-state index in [1.165, 1.54) is 0 Å². The zero-order chi connectivity index (χ0) is 20.2. The van der Waals surface area contributed by atoms with Crippen LogP contribution < -0.4 is 10.7 Å². The van der Waals surface area contributed by atoms with Crippen molar-refractivity contribution in [1.29, 1.82) is 0 Å². The summed E-state index contributed by atoms with van der Waals surface area (Å²) in [5.41, 5.74) is 5.89. The highest BCUT2D eigenvalue weighted by Crippen LogP contribution is 2.38. The predicted octanol–water partition coefficient (Wildman–Crippen LogP) is 2.75. The third-order valence-electron chi connectivity index (χ3n) is 6.71. The monoisotopic (exact) mass is 408 g/mol. The maximum absolute atomic E-state index is 14.3. The van der Waals surface area contributed by atoms with Crippen LogP contribution in [-0.2, 0) is 6.42 Å². The summed E-state index contributed by atoms with van der Waals surface area (Å²) >= 11 is 0. The first-order chi connectivity index (χ1) is 14.7. The molecule has 1 saturated heterocycles. The first-order valence-electron chi connectivity index (χ1n) is 10.8. The third kappa shape index (κ3) is 3.02. The van der Waals surface area contributed by atoms with Gasteiger partial charge in [0.25, 0.3) is 5.91 Å². The van der Waals surface area contributed by atoms with Crippen LogP contribution in [0.4, 0.5) is 10.2 Å². The molecular formula is C22H25FN6O. The minimum absolute atomic E-state index is 0.0651. The average Bonchev–Trinajstić information content (AvgIpc) is 3.32. The fraction of sp³-hybridized carbons (Fsp3) is 0.455. The number of hydrogen-bond acceptors (Lipinski definition) is 5. The van der Waals surface area contributed by atoms with E-state index in [0.717, 1.165) is 49.8 Å². The van der Waals surface area contributed by atoms with E-state index >= 15 is 0 Å². The van der Waals surface area contributed by atoms with E-state index in [-0.39, 0.29) is 23.9 Å². The number of carbonyl (C=O) groups excluding carboxylic acids is 1. The van der Waals surface area contributed by atoms with Gasteiger partial charge in [0, 0.05) is 31.4 Å². The topological polar surface area (TPSA) is 65.4 Å². The second-order valence-corrected chi connectivity index (χ2v) is 8.64. The molecule has 8 heteroatoms. The SMILES string of the molecule is O=C1NN(C2CC2)CCc2ccc(F)cc2C2CCCN2C2C=Cn3ncc1c3N2. The van der Waals surface area contributed by atoms with Crippen LogP contribution in [0, 0.1) is 5.82 Å². The lowest BCUT2D eigenvalue weighted by molar-refractivity contribution is 0.0775. The molecule has 1 saturated carbocycles. The maximum atomic E-state index is 14.3. The molecule has 4 aliphatic rings. The number of rotatable bonds is 1. The fourth-order valence-electron chi connectivity index (χ4n) is 5.04. The van der Waals surface area contributed by atoms with Crippen LogP contribution in [0.2, 0.25) is 0 Å². The van der Waals surface area contributed by atoms with Gasteiger partial charge >= 0.3 is 0 Å². The lowest BCUT2D eigenvalue weighted by Gasteiger charge is -2.35. The lowest BCUT2D eigenvalue weighted by Crippen LogP contribution is -2.45. The van der Waals surface area contributed by atoms with Crippen LogP contribution in [-0.4, -0.2) is 50.9 Å². The Hall–Kier alpha value is -2.71. The van der Waals surface area contributed by atoms with E-state index in [0.29, 0.717) is 24.0 Å². The van der Waals surface area contributed by atoms with Crippen molar-refractivity contribution in [3.05, 3.63) is 53.0 Å². The van der Waals surface area contributed by atoms with Gasteiger partial charge in [-0.1, -0.05) is 6.07 Å². The number of carbonyl (C=O) groups is 1. The Labute approximate surface area is 174 Å². The molecule has 2 unspecified atom stereocenters. The molecule has 2 atom stereocenters. The van der Waals surface area contributed by atoms with Gasteiger partial charge < -0.3 is 5.32 Å². The van der Waals surface area contributed by atoms with Crippen molar-refractivity contribution >= 4 is 17.9 Å². The second kappa shape index (κ2) is 6.92. The Bertz CT molecular complexity index is 1030. The molecule has 1 aliphatic carbocycles. The number of hydrazine groups is 1. The molecule has 0 spiro atoms. The van der Waals surface area contributed by atoms with Gasteiger partial charge in [0.2, 0.25) is 0 Å². The number of halogens is 1. The van der Waals surface area contributed by atoms with E-state index in [1.807, 2.05) is 12.3 Å². The van der Waals surface area contributed by atoms with Crippen molar-refractivity contribution in [2.75, 3.05) is 18.4 Å². The molecule has 6 rings (SSSR count). The quantitative estimate of drug-likeness (QED) is 0.760. The third-order valence-corrected chi connectivity index (χ3v) is 6.71. The summed E-state index contributed by atoms with van der Waals surface area (Å²) in [6, 6.07) is 5.71. The summed E-state index contributed by atoms with van der Waals surface area (Å²) in [5.74, 6) is 0.381. The number of fused-ring (bicyclic) bond motifs is 5. The van der Waals surface area contributed by atoms with Gasteiger partial charge in [0.1, 0.15) is 23.4 Å². The summed E-state index contributed by atoms with van der Waals surface area (Å²) in [6.07, 6.45) is 10.5. The fourth-order valence-corrected chi connectivity index (χ4v) is 5.04. The number of amides is 1. The van der Waals surface area contributed by atoms with Crippen LogP contribution in [0.5, 0.6) is 0 Å². The molecule has 1 aromatic carbocycles. The van der Waals surface area contributed by atoms with E-state index in [4.69, 9.17) is 0 Å². The average molecular weight is 408 g/mol. The molecule has 2 fully saturated rings. The van der Waals surface area contributed by atoms with Crippen molar-refractivity contribution in [3.8, 4) is 0 Å². The van der Waals surface area contributed by atoms with Gasteiger partial charge in [-0.05, 0) is 61.4 Å². The molecular weight excluding hydrogens is 383 g/mol. The molecule has 3 aliphatic heterocycles. The molecule has 4 heterocycles. The highest BCUT2D eigenvalue weighted by molar-refractivity contribution is 5.99. The van der Waals surface area contributed by atoms with Crippen molar-refractivity contribution in [1.82, 2.24) is 25.1 Å². The summed E-state index contributed by atoms with van der Waals surface area (Å²) in [5, 5.41) is 9.92. The standard InChI is InChI=1S/C22H25FN6O/c23-15-4-3-14-7-10-28(16-5-6-16)26-22(30)18-13-24-29-11-8-20(25-21(18)29)27-9-1-2-19(27)17(14)12-15/h3-4,8,11-13,16,19-20,25H,1-2,5-7,9-10H2,(H,26,30). The van der Waals surface area contributed by atoms with Crippen LogP contribution in [0.15, 0.2) is 30.5 Å². The number of anilines is 1. The minimum Gasteiger partial charge on any atom is -0.350 e. The number of nitrogens with zero attached hydrogens (tertiary/aromatic N) is 4. The molecule has 1 aromatic heterocycles. The Morgan fingerprint density at radius 3 is 2.93 bits per heavy atom. The number of aromatic nitrogens is 2. The normalized spacial score (nSPS) is 26.6. The van der Waals surface area contributed by atoms with E-state index in [1.54, 1.807) is 23.0 Å². The van der Waals surface area contributed by atoms with Gasteiger partial charge in [0.05, 0.1) is 6.20 Å². The second-order valence-electron chi connectivity index (χ2n) is 8.64. The molecule has 2 N–H and O–H groups in total. The first kappa shape index (κ1) is 18.1. The number of nitrogens with one attached hydrogen (secondary N) is 2. The van der Waals surface area contributed by atoms with E-state index in [9.17, 15) is 9.18 Å². The molecule has 7 nitrogen and oxygen atoms in total. The zero-order valence-electron chi connectivity index (χ0n) is 16.7. The highest BCUT2D eigenvalue weighted by atomic mass is 19.1. The predicted molar refractivity (Wildman–Crippen MR) is 111 cm³/mol. The Morgan fingerprint density at radius 1 is 1.17 bits per heavy atom. The van der Waals surface area contributed by atoms with Crippen molar-refractivity contribution in [2.24, 2.45) is 0 Å². The van der Waals surface area contributed by atoms with Crippen molar-refractivity contribution in [2.45, 2.75) is 50.4 Å². The smallest absolute Gasteiger partial charge is 0.270 e. The molecule has 2 bridgehead atoms. The van der Waals surface area contributed by atoms with Crippen LogP contribution >= 0.6 is 0 Å². The Morgan fingerprint density at radius 2 is 2.07 bits per heavy atom. The summed E-state index contributed by atoms with van der Waals surface area (Å²) in [7, 11) is 0. The summed E-state index contributed by atoms with van der Waals surface area (Å²) in [4.78, 5) is 15.5. The first-order valence-corrected chi connectivity index (χ1v) is 10.8. The summed E-state index contributed by atoms with van der Waals surface area (Å²) in [6.45, 7) is 1.63. The van der Waals surface area contributed by atoms with Gasteiger partial charge in [-0.2, -0.15) is 5.10 Å². The Kier molecular flexibility index (Phi) is 4.17. The molecule has 30 heavy (non-hydrogen) atoms. The van der Waals surface area contributed by atoms with Gasteiger partial charge in [-0.3, -0.25) is 15.1 Å². The zero-order valence-corrected chi connectivity index (χ0v) is 16.7. The summed E-state index contributed by atoms with van der Waals surface area (Å²) < 4.78 is 16.0. The minimum atomic E-state index is -0.190.